The highest BCUT2D eigenvalue weighted by molar-refractivity contribution is 5.02. The molecule has 0 heterocycles. The maximum Gasteiger partial charge on any atom is 0.0344 e. The maximum atomic E-state index is 3.41. The van der Waals surface area contributed by atoms with Crippen LogP contribution in [0.4, 0.5) is 0 Å². The van der Waals surface area contributed by atoms with Crippen LogP contribution in [0.5, 0.6) is 0 Å². The van der Waals surface area contributed by atoms with Crippen molar-refractivity contribution in [2.24, 2.45) is 0 Å². The molecule has 0 aliphatic carbocycles. The fraction of sp³-hybridized carbons (Fsp3) is 0.375. The third kappa shape index (κ3) is 5.08. The van der Waals surface area contributed by atoms with E-state index < -0.39 is 0 Å². The van der Waals surface area contributed by atoms with Crippen LogP contribution in [0.2, 0.25) is 0 Å². The summed E-state index contributed by atoms with van der Waals surface area (Å²) in [5, 5.41) is 0. The van der Waals surface area contributed by atoms with E-state index >= 15 is 0 Å². The monoisotopic (exact) mass is 106 g/mol. The number of hydrogen-bond acceptors (Lipinski definition) is 0. The largest absolute Gasteiger partial charge is 0.132 e. The first-order valence-electron chi connectivity index (χ1n) is 2.71. The summed E-state index contributed by atoms with van der Waals surface area (Å²) in [4.78, 5) is 0. The molecule has 0 nitrogen and oxygen atoms in total. The molecule has 0 aromatic rings. The normalized spacial score (nSPS) is 6.12. The van der Waals surface area contributed by atoms with Crippen LogP contribution < -0.4 is 0 Å². The number of rotatable bonds is 1. The molecular weight excluding hydrogens is 96.1 g/mol. The van der Waals surface area contributed by atoms with Crippen LogP contribution >= 0.6 is 0 Å². The summed E-state index contributed by atoms with van der Waals surface area (Å²) in [6, 6.07) is 0. The van der Waals surface area contributed by atoms with Gasteiger partial charge in [-0.3, -0.25) is 0 Å². The van der Waals surface area contributed by atoms with Gasteiger partial charge in [-0.1, -0.05) is 19.4 Å². The van der Waals surface area contributed by atoms with E-state index in [4.69, 9.17) is 0 Å². The molecule has 0 aliphatic rings. The third-order valence-corrected chi connectivity index (χ3v) is 0.650. The van der Waals surface area contributed by atoms with Crippen molar-refractivity contribution in [2.75, 3.05) is 0 Å². The van der Waals surface area contributed by atoms with Crippen molar-refractivity contribution in [2.45, 2.75) is 19.8 Å². The maximum absolute atomic E-state index is 3.41. The lowest BCUT2D eigenvalue weighted by molar-refractivity contribution is 1.27. The van der Waals surface area contributed by atoms with Gasteiger partial charge in [0.2, 0.25) is 0 Å². The van der Waals surface area contributed by atoms with Gasteiger partial charge in [-0.05, 0) is 6.08 Å². The Labute approximate surface area is 50.9 Å². The molecule has 0 radical (unpaired) electrons. The van der Waals surface area contributed by atoms with Crippen LogP contribution in [0.25, 0.3) is 0 Å². The van der Waals surface area contributed by atoms with E-state index in [0.29, 0.717) is 0 Å². The molecule has 0 rings (SSSR count). The minimum absolute atomic E-state index is 0.789. The zero-order chi connectivity index (χ0) is 6.24. The third-order valence-electron chi connectivity index (χ3n) is 0.650. The molecule has 0 aliphatic heterocycles. The lowest BCUT2D eigenvalue weighted by Crippen LogP contribution is -1.55. The Morgan fingerprint density at radius 1 is 1.50 bits per heavy atom. The van der Waals surface area contributed by atoms with Gasteiger partial charge in [0, 0.05) is 12.8 Å². The van der Waals surface area contributed by atoms with E-state index in [-0.39, 0.29) is 0 Å². The molecule has 0 N–H and O–H groups in total. The Hall–Kier alpha value is -0.920. The van der Waals surface area contributed by atoms with Crippen molar-refractivity contribution in [3.63, 3.8) is 0 Å². The second-order valence-corrected chi connectivity index (χ2v) is 1.32. The summed E-state index contributed by atoms with van der Waals surface area (Å²) in [5.41, 5.74) is 2.65. The van der Waals surface area contributed by atoms with E-state index in [2.05, 4.69) is 24.2 Å². The smallest absolute Gasteiger partial charge is 0.0344 e. The highest BCUT2D eigenvalue weighted by Gasteiger charge is 1.61. The van der Waals surface area contributed by atoms with Crippen molar-refractivity contribution in [3.05, 3.63) is 18.4 Å². The van der Waals surface area contributed by atoms with E-state index in [0.717, 1.165) is 12.8 Å². The molecule has 0 aromatic heterocycles. The van der Waals surface area contributed by atoms with Crippen LogP contribution in [0.1, 0.15) is 19.8 Å². The summed E-state index contributed by atoms with van der Waals surface area (Å²) in [6.07, 6.45) is 3.55. The van der Waals surface area contributed by atoms with Crippen LogP contribution in [0.15, 0.2) is 18.4 Å². The van der Waals surface area contributed by atoms with Gasteiger partial charge in [0.25, 0.3) is 0 Å². The quantitative estimate of drug-likeness (QED) is 0.355. The first kappa shape index (κ1) is 7.08. The first-order chi connectivity index (χ1) is 3.91. The first-order valence-corrected chi connectivity index (χ1v) is 2.71. The van der Waals surface area contributed by atoms with Gasteiger partial charge in [-0.2, -0.15) is 0 Å². The predicted octanol–water partition coefficient (Wildman–Crippen LogP) is 2.13. The molecule has 0 amide bonds. The minimum Gasteiger partial charge on any atom is -0.132 e. The Morgan fingerprint density at radius 2 is 2.25 bits per heavy atom. The highest BCUT2D eigenvalue weighted by Crippen LogP contribution is 1.75. The Morgan fingerprint density at radius 3 is 2.75 bits per heavy atom. The molecule has 0 unspecified atom stereocenters. The van der Waals surface area contributed by atoms with E-state index in [1.807, 2.05) is 13.0 Å². The summed E-state index contributed by atoms with van der Waals surface area (Å²) in [6.45, 7) is 5.44. The summed E-state index contributed by atoms with van der Waals surface area (Å²) < 4.78 is 0. The predicted molar refractivity (Wildman–Crippen MR) is 36.4 cm³/mol. The van der Waals surface area contributed by atoms with Crippen LogP contribution in [-0.4, -0.2) is 0 Å². The fourth-order valence-electron chi connectivity index (χ4n) is 0.320. The lowest BCUT2D eigenvalue weighted by Gasteiger charge is -1.69. The zero-order valence-corrected chi connectivity index (χ0v) is 5.20. The average molecular weight is 106 g/mol. The van der Waals surface area contributed by atoms with E-state index in [1.54, 1.807) is 0 Å². The van der Waals surface area contributed by atoms with Crippen LogP contribution in [0.3, 0.4) is 0 Å². The molecule has 0 saturated carbocycles. The van der Waals surface area contributed by atoms with Crippen LogP contribution in [0, 0.1) is 11.8 Å². The molecule has 8 heavy (non-hydrogen) atoms. The molecule has 42 valence electrons. The van der Waals surface area contributed by atoms with Crippen molar-refractivity contribution >= 4 is 0 Å². The number of hydrogen-bond donors (Lipinski definition) is 0. The molecule has 0 spiro atoms. The molecule has 0 bridgehead atoms. The van der Waals surface area contributed by atoms with Gasteiger partial charge in [0.05, 0.1) is 0 Å². The van der Waals surface area contributed by atoms with Gasteiger partial charge in [0.15, 0.2) is 0 Å². The lowest BCUT2D eigenvalue weighted by atomic mass is 10.4. The fourth-order valence-corrected chi connectivity index (χ4v) is 0.320. The molecule has 0 saturated heterocycles. The highest BCUT2D eigenvalue weighted by atomic mass is 13.7. The van der Waals surface area contributed by atoms with E-state index in [1.165, 1.54) is 0 Å². The topological polar surface area (TPSA) is 0 Å². The van der Waals surface area contributed by atoms with Crippen LogP contribution in [-0.2, 0) is 0 Å². The second kappa shape index (κ2) is 6.08. The van der Waals surface area contributed by atoms with Crippen molar-refractivity contribution < 1.29 is 0 Å². The Kier molecular flexibility index (Phi) is 5.38. The summed E-state index contributed by atoms with van der Waals surface area (Å²) in [7, 11) is 0. The Bertz CT molecular complexity index is 137. The zero-order valence-electron chi connectivity index (χ0n) is 5.20. The molecular formula is C8H10. The standard InChI is InChI=1S/C8H10/c1-3-5-7-8-6-4-2/h5H,1,4,7H2,2H3. The second-order valence-electron chi connectivity index (χ2n) is 1.32. The molecule has 0 aromatic carbocycles. The number of allylic oxidation sites excluding steroid dienone is 1. The van der Waals surface area contributed by atoms with Crippen molar-refractivity contribution in [3.8, 4) is 11.8 Å². The molecule has 0 fully saturated rings. The average Bonchev–Trinajstić information content (AvgIpc) is 1.81. The minimum atomic E-state index is 0.789. The SMILES string of the molecule is C=C=CCC#CCC. The summed E-state index contributed by atoms with van der Waals surface area (Å²) in [5.74, 6) is 5.86. The van der Waals surface area contributed by atoms with Gasteiger partial charge >= 0.3 is 0 Å². The molecule has 0 heteroatoms. The van der Waals surface area contributed by atoms with Gasteiger partial charge in [0.1, 0.15) is 0 Å². The van der Waals surface area contributed by atoms with Gasteiger partial charge in [-0.25, -0.2) is 0 Å². The van der Waals surface area contributed by atoms with Gasteiger partial charge < -0.3 is 0 Å². The Balaban J connectivity index is 3.29. The van der Waals surface area contributed by atoms with Crippen molar-refractivity contribution in [1.82, 2.24) is 0 Å². The molecule has 0 atom stereocenters. The summed E-state index contributed by atoms with van der Waals surface area (Å²) >= 11 is 0. The van der Waals surface area contributed by atoms with Gasteiger partial charge in [-0.15, -0.1) is 11.7 Å². The van der Waals surface area contributed by atoms with E-state index in [9.17, 15) is 0 Å². The van der Waals surface area contributed by atoms with Crippen molar-refractivity contribution in [1.29, 1.82) is 0 Å².